The molecule has 0 unspecified atom stereocenters. The van der Waals surface area contributed by atoms with Crippen LogP contribution < -0.4 is 9.54 Å². The van der Waals surface area contributed by atoms with Crippen molar-refractivity contribution in [3.05, 3.63) is 69.0 Å². The summed E-state index contributed by atoms with van der Waals surface area (Å²) in [7, 11) is 0. The molecule has 0 radical (unpaired) electrons. The number of nitrogens with zero attached hydrogens (tertiary/aromatic N) is 3. The summed E-state index contributed by atoms with van der Waals surface area (Å²) < 4.78 is 13.0. The van der Waals surface area contributed by atoms with Gasteiger partial charge >= 0.3 is 5.97 Å². The Balaban J connectivity index is 1.94. The van der Waals surface area contributed by atoms with Crippen LogP contribution in [-0.2, 0) is 20.9 Å². The Bertz CT molecular complexity index is 1240. The predicted octanol–water partition coefficient (Wildman–Crippen LogP) is 3.71. The molecule has 166 valence electrons. The summed E-state index contributed by atoms with van der Waals surface area (Å²) in [5, 5.41) is 10.7. The zero-order valence-corrected chi connectivity index (χ0v) is 18.3. The van der Waals surface area contributed by atoms with Crippen molar-refractivity contribution in [2.75, 3.05) is 13.2 Å². The van der Waals surface area contributed by atoms with E-state index in [1.54, 1.807) is 17.6 Å². The van der Waals surface area contributed by atoms with Gasteiger partial charge in [0.25, 0.3) is 11.6 Å². The number of nitro benzene ring substituents is 1. The number of aromatic nitrogens is 1. The monoisotopic (exact) mass is 455 g/mol. The normalized spacial score (nSPS) is 11.8. The predicted molar refractivity (Wildman–Crippen MR) is 120 cm³/mol. The Labute approximate surface area is 187 Å². The number of non-ortho nitro benzene ring substituents is 1. The molecule has 0 aliphatic rings. The number of ether oxygens (including phenoxy) is 2. The van der Waals surface area contributed by atoms with Crippen LogP contribution in [-0.4, -0.2) is 34.6 Å². The van der Waals surface area contributed by atoms with Crippen LogP contribution in [0.15, 0.2) is 53.5 Å². The van der Waals surface area contributed by atoms with E-state index in [0.717, 1.165) is 10.2 Å². The molecule has 0 fully saturated rings. The molecule has 32 heavy (non-hydrogen) atoms. The number of thiazole rings is 1. The quantitative estimate of drug-likeness (QED) is 0.221. The molecule has 0 aliphatic heterocycles. The summed E-state index contributed by atoms with van der Waals surface area (Å²) in [6, 6.07) is 11.2. The Morgan fingerprint density at radius 1 is 1.16 bits per heavy atom. The number of hydrogen-bond donors (Lipinski definition) is 0. The fraction of sp³-hybridized carbons (Fsp3) is 0.227. The van der Waals surface area contributed by atoms with E-state index in [0.29, 0.717) is 22.7 Å². The van der Waals surface area contributed by atoms with Gasteiger partial charge in [-0.3, -0.25) is 19.7 Å². The summed E-state index contributed by atoms with van der Waals surface area (Å²) in [4.78, 5) is 39.3. The molecule has 10 heteroatoms. The molecule has 0 aliphatic carbocycles. The molecular weight excluding hydrogens is 434 g/mol. The minimum Gasteiger partial charge on any atom is -0.494 e. The maximum Gasteiger partial charge on any atom is 0.326 e. The maximum atomic E-state index is 12.5. The number of esters is 1. The summed E-state index contributed by atoms with van der Waals surface area (Å²) in [5.74, 6) is -0.283. The van der Waals surface area contributed by atoms with Gasteiger partial charge in [-0.1, -0.05) is 11.3 Å². The summed E-state index contributed by atoms with van der Waals surface area (Å²) in [6.07, 6.45) is 2.79. The minimum atomic E-state index is -0.530. The number of benzene rings is 2. The lowest BCUT2D eigenvalue weighted by atomic mass is 10.2. The van der Waals surface area contributed by atoms with Crippen LogP contribution >= 0.6 is 11.3 Å². The highest BCUT2D eigenvalue weighted by Crippen LogP contribution is 2.23. The fourth-order valence-corrected chi connectivity index (χ4v) is 3.95. The smallest absolute Gasteiger partial charge is 0.326 e. The maximum absolute atomic E-state index is 12.5. The Morgan fingerprint density at radius 3 is 2.56 bits per heavy atom. The van der Waals surface area contributed by atoms with Crippen LogP contribution in [0.25, 0.3) is 16.3 Å². The van der Waals surface area contributed by atoms with Crippen LogP contribution in [0, 0.1) is 10.1 Å². The van der Waals surface area contributed by atoms with Gasteiger partial charge in [0, 0.05) is 18.2 Å². The molecule has 0 spiro atoms. The molecule has 9 nitrogen and oxygen atoms in total. The molecule has 2 aromatic carbocycles. The zero-order valence-electron chi connectivity index (χ0n) is 17.5. The number of hydrogen-bond acceptors (Lipinski definition) is 7. The van der Waals surface area contributed by atoms with Gasteiger partial charge < -0.3 is 14.0 Å². The molecule has 1 aromatic heterocycles. The molecule has 0 atom stereocenters. The number of rotatable bonds is 8. The van der Waals surface area contributed by atoms with Crippen LogP contribution in [0.1, 0.15) is 19.4 Å². The number of amides is 1. The molecule has 0 saturated heterocycles. The molecule has 3 rings (SSSR count). The molecular formula is C22H21N3O6S. The van der Waals surface area contributed by atoms with E-state index in [4.69, 9.17) is 9.47 Å². The van der Waals surface area contributed by atoms with Crippen LogP contribution in [0.5, 0.6) is 5.75 Å². The third kappa shape index (κ3) is 5.67. The van der Waals surface area contributed by atoms with Gasteiger partial charge in [-0.05, 0) is 55.8 Å². The van der Waals surface area contributed by atoms with Crippen molar-refractivity contribution in [1.29, 1.82) is 0 Å². The summed E-state index contributed by atoms with van der Waals surface area (Å²) in [6.45, 7) is 4.29. The van der Waals surface area contributed by atoms with Crippen LogP contribution in [0.4, 0.5) is 5.69 Å². The first-order valence-electron chi connectivity index (χ1n) is 9.84. The van der Waals surface area contributed by atoms with Gasteiger partial charge in [-0.25, -0.2) is 0 Å². The van der Waals surface area contributed by atoms with Crippen LogP contribution in [0.2, 0.25) is 0 Å². The second-order valence-electron chi connectivity index (χ2n) is 6.47. The van der Waals surface area contributed by atoms with E-state index in [2.05, 4.69) is 4.99 Å². The lowest BCUT2D eigenvalue weighted by Gasteiger charge is -2.06. The second-order valence-corrected chi connectivity index (χ2v) is 7.48. The van der Waals surface area contributed by atoms with Crippen molar-refractivity contribution < 1.29 is 24.0 Å². The number of carbonyl (C=O) groups excluding carboxylic acids is 2. The van der Waals surface area contributed by atoms with Crippen molar-refractivity contribution >= 4 is 45.2 Å². The highest BCUT2D eigenvalue weighted by atomic mass is 32.1. The summed E-state index contributed by atoms with van der Waals surface area (Å²) >= 11 is 1.26. The fourth-order valence-electron chi connectivity index (χ4n) is 2.89. The molecule has 0 N–H and O–H groups in total. The van der Waals surface area contributed by atoms with E-state index >= 15 is 0 Å². The van der Waals surface area contributed by atoms with E-state index in [1.807, 2.05) is 19.1 Å². The zero-order chi connectivity index (χ0) is 23.1. The molecule has 0 saturated carbocycles. The first-order chi connectivity index (χ1) is 15.4. The van der Waals surface area contributed by atoms with E-state index < -0.39 is 16.8 Å². The van der Waals surface area contributed by atoms with Crippen molar-refractivity contribution in [2.24, 2.45) is 4.99 Å². The van der Waals surface area contributed by atoms with Gasteiger partial charge in [0.05, 0.1) is 28.4 Å². The van der Waals surface area contributed by atoms with E-state index in [-0.39, 0.29) is 18.8 Å². The third-order valence-corrected chi connectivity index (χ3v) is 5.33. The largest absolute Gasteiger partial charge is 0.494 e. The first kappa shape index (κ1) is 22.9. The van der Waals surface area contributed by atoms with Crippen molar-refractivity contribution in [3.63, 3.8) is 0 Å². The number of nitro groups is 1. The standard InChI is InChI=1S/C22H21N3O6S/c1-3-30-17-10-11-18-19(13-17)32-22(24(18)14-21(27)31-4-2)23-20(26)12-7-15-5-8-16(9-6-15)25(28)29/h5-13H,3-4,14H2,1-2H3/b12-7-,23-22?. The molecule has 0 bridgehead atoms. The van der Waals surface area contributed by atoms with Gasteiger partial charge in [-0.15, -0.1) is 0 Å². The van der Waals surface area contributed by atoms with Crippen LogP contribution in [0.3, 0.4) is 0 Å². The van der Waals surface area contributed by atoms with Crippen molar-refractivity contribution in [2.45, 2.75) is 20.4 Å². The Kier molecular flexibility index (Phi) is 7.50. The number of carbonyl (C=O) groups is 2. The summed E-state index contributed by atoms with van der Waals surface area (Å²) in [5.41, 5.74) is 1.32. The number of fused-ring (bicyclic) bond motifs is 1. The van der Waals surface area contributed by atoms with Crippen molar-refractivity contribution in [1.82, 2.24) is 4.57 Å². The lowest BCUT2D eigenvalue weighted by Crippen LogP contribution is -2.22. The lowest BCUT2D eigenvalue weighted by molar-refractivity contribution is -0.384. The first-order valence-corrected chi connectivity index (χ1v) is 10.7. The van der Waals surface area contributed by atoms with Gasteiger partial charge in [0.2, 0.25) is 0 Å². The highest BCUT2D eigenvalue weighted by molar-refractivity contribution is 7.16. The highest BCUT2D eigenvalue weighted by Gasteiger charge is 2.13. The minimum absolute atomic E-state index is 0.0325. The van der Waals surface area contributed by atoms with Gasteiger partial charge in [-0.2, -0.15) is 4.99 Å². The second kappa shape index (κ2) is 10.5. The van der Waals surface area contributed by atoms with Gasteiger partial charge in [0.1, 0.15) is 12.3 Å². The molecule has 1 amide bonds. The van der Waals surface area contributed by atoms with Crippen molar-refractivity contribution in [3.8, 4) is 5.75 Å². The Hall–Kier alpha value is -3.79. The van der Waals surface area contributed by atoms with E-state index in [9.17, 15) is 19.7 Å². The van der Waals surface area contributed by atoms with Gasteiger partial charge in [0.15, 0.2) is 4.80 Å². The Morgan fingerprint density at radius 2 is 1.91 bits per heavy atom. The van der Waals surface area contributed by atoms with E-state index in [1.165, 1.54) is 47.8 Å². The average Bonchev–Trinajstić information content (AvgIpc) is 3.09. The average molecular weight is 455 g/mol. The topological polar surface area (TPSA) is 113 Å². The molecule has 1 heterocycles. The third-order valence-electron chi connectivity index (χ3n) is 4.29. The molecule has 3 aromatic rings. The SMILES string of the molecule is CCOC(=O)Cn1c(=NC(=O)/C=C\c2ccc([N+](=O)[O-])cc2)sc2cc(OCC)ccc21.